The molecule has 1 aliphatic carbocycles. The van der Waals surface area contributed by atoms with Gasteiger partial charge in [0.2, 0.25) is 0 Å². The van der Waals surface area contributed by atoms with Crippen molar-refractivity contribution in [3.8, 4) is 0 Å². The van der Waals surface area contributed by atoms with Gasteiger partial charge in [0.15, 0.2) is 0 Å². The zero-order chi connectivity index (χ0) is 13.9. The van der Waals surface area contributed by atoms with Crippen molar-refractivity contribution in [2.75, 3.05) is 25.5 Å². The third-order valence-corrected chi connectivity index (χ3v) is 5.26. The van der Waals surface area contributed by atoms with Gasteiger partial charge in [0, 0.05) is 32.4 Å². The molecule has 1 aromatic carbocycles. The van der Waals surface area contributed by atoms with E-state index in [1.165, 1.54) is 56.3 Å². The molecule has 1 saturated heterocycles. The molecule has 2 atom stereocenters. The predicted molar refractivity (Wildman–Crippen MR) is 86.5 cm³/mol. The molecule has 20 heavy (non-hydrogen) atoms. The second-order valence-electron chi connectivity index (χ2n) is 6.83. The van der Waals surface area contributed by atoms with Crippen molar-refractivity contribution in [1.82, 2.24) is 5.32 Å². The molecule has 0 spiro atoms. The van der Waals surface area contributed by atoms with Crippen molar-refractivity contribution >= 4 is 5.69 Å². The minimum absolute atomic E-state index is 0.720. The summed E-state index contributed by atoms with van der Waals surface area (Å²) < 4.78 is 0. The standard InChI is InChI=1S/C18H28N2/c1-20(2)17-10-8-14(9-11-17)16-12-18(19-13-16)15-6-4-3-5-7-15/h8-11,15-16,18-19H,3-7,12-13H2,1-2H3. The third-order valence-electron chi connectivity index (χ3n) is 5.26. The maximum atomic E-state index is 3.80. The fourth-order valence-corrected chi connectivity index (χ4v) is 3.96. The summed E-state index contributed by atoms with van der Waals surface area (Å²) in [5, 5.41) is 3.80. The summed E-state index contributed by atoms with van der Waals surface area (Å²) in [6.07, 6.45) is 8.59. The van der Waals surface area contributed by atoms with Crippen LogP contribution in [0, 0.1) is 5.92 Å². The lowest BCUT2D eigenvalue weighted by molar-refractivity contribution is 0.286. The van der Waals surface area contributed by atoms with E-state index in [4.69, 9.17) is 0 Å². The van der Waals surface area contributed by atoms with Crippen LogP contribution in [-0.4, -0.2) is 26.7 Å². The van der Waals surface area contributed by atoms with Gasteiger partial charge in [-0.1, -0.05) is 31.4 Å². The Morgan fingerprint density at radius 2 is 1.70 bits per heavy atom. The molecule has 2 unspecified atom stereocenters. The quantitative estimate of drug-likeness (QED) is 0.901. The van der Waals surface area contributed by atoms with Crippen molar-refractivity contribution in [3.63, 3.8) is 0 Å². The Kier molecular flexibility index (Phi) is 4.30. The van der Waals surface area contributed by atoms with Gasteiger partial charge in [0.05, 0.1) is 0 Å². The first kappa shape index (κ1) is 13.9. The zero-order valence-electron chi connectivity index (χ0n) is 12.9. The molecule has 1 N–H and O–H groups in total. The maximum absolute atomic E-state index is 3.80. The first-order valence-corrected chi connectivity index (χ1v) is 8.24. The Bertz CT molecular complexity index is 418. The number of hydrogen-bond acceptors (Lipinski definition) is 2. The second kappa shape index (κ2) is 6.17. The molecule has 0 aromatic heterocycles. The smallest absolute Gasteiger partial charge is 0.0361 e. The van der Waals surface area contributed by atoms with Crippen LogP contribution in [0.25, 0.3) is 0 Å². The van der Waals surface area contributed by atoms with E-state index < -0.39 is 0 Å². The molecular weight excluding hydrogens is 244 g/mol. The topological polar surface area (TPSA) is 15.3 Å². The zero-order valence-corrected chi connectivity index (χ0v) is 12.9. The maximum Gasteiger partial charge on any atom is 0.0361 e. The van der Waals surface area contributed by atoms with Gasteiger partial charge in [0.1, 0.15) is 0 Å². The van der Waals surface area contributed by atoms with Crippen LogP contribution in [-0.2, 0) is 0 Å². The van der Waals surface area contributed by atoms with Crippen LogP contribution in [0.15, 0.2) is 24.3 Å². The van der Waals surface area contributed by atoms with Crippen LogP contribution >= 0.6 is 0 Å². The number of benzene rings is 1. The normalized spacial score (nSPS) is 27.7. The van der Waals surface area contributed by atoms with Crippen LogP contribution in [0.1, 0.15) is 50.0 Å². The number of anilines is 1. The van der Waals surface area contributed by atoms with Gasteiger partial charge in [-0.2, -0.15) is 0 Å². The van der Waals surface area contributed by atoms with E-state index in [-0.39, 0.29) is 0 Å². The highest BCUT2D eigenvalue weighted by atomic mass is 15.1. The van der Waals surface area contributed by atoms with E-state index >= 15 is 0 Å². The molecule has 1 aromatic rings. The van der Waals surface area contributed by atoms with Crippen molar-refractivity contribution in [2.24, 2.45) is 5.92 Å². The van der Waals surface area contributed by atoms with Crippen LogP contribution in [0.5, 0.6) is 0 Å². The lowest BCUT2D eigenvalue weighted by atomic mass is 9.81. The molecular formula is C18H28N2. The van der Waals surface area contributed by atoms with Crippen molar-refractivity contribution < 1.29 is 0 Å². The van der Waals surface area contributed by atoms with Crippen molar-refractivity contribution in [2.45, 2.75) is 50.5 Å². The number of rotatable bonds is 3. The molecule has 3 rings (SSSR count). The SMILES string of the molecule is CN(C)c1ccc(C2CNC(C3CCCCC3)C2)cc1. The lowest BCUT2D eigenvalue weighted by Crippen LogP contribution is -2.31. The minimum atomic E-state index is 0.720. The van der Waals surface area contributed by atoms with Crippen LogP contribution in [0.3, 0.4) is 0 Å². The van der Waals surface area contributed by atoms with Crippen LogP contribution in [0.2, 0.25) is 0 Å². The molecule has 110 valence electrons. The van der Waals surface area contributed by atoms with E-state index in [0.717, 1.165) is 17.9 Å². The van der Waals surface area contributed by atoms with Crippen LogP contribution < -0.4 is 10.2 Å². The Morgan fingerprint density at radius 1 is 1.00 bits per heavy atom. The summed E-state index contributed by atoms with van der Waals surface area (Å²) in [7, 11) is 4.20. The summed E-state index contributed by atoms with van der Waals surface area (Å²) in [4.78, 5) is 2.17. The lowest BCUT2D eigenvalue weighted by Gasteiger charge is -2.27. The highest BCUT2D eigenvalue weighted by molar-refractivity contribution is 5.46. The molecule has 2 aliphatic rings. The van der Waals surface area contributed by atoms with Crippen molar-refractivity contribution in [3.05, 3.63) is 29.8 Å². The van der Waals surface area contributed by atoms with E-state index in [2.05, 4.69) is 48.6 Å². The van der Waals surface area contributed by atoms with E-state index in [0.29, 0.717) is 0 Å². The molecule has 0 bridgehead atoms. The summed E-state index contributed by atoms with van der Waals surface area (Å²) in [6.45, 7) is 1.17. The Morgan fingerprint density at radius 3 is 2.35 bits per heavy atom. The molecule has 0 amide bonds. The predicted octanol–water partition coefficient (Wildman–Crippen LogP) is 3.78. The first-order chi connectivity index (χ1) is 9.74. The Balaban J connectivity index is 1.61. The van der Waals surface area contributed by atoms with Crippen LogP contribution in [0.4, 0.5) is 5.69 Å². The van der Waals surface area contributed by atoms with Gasteiger partial charge in [0.25, 0.3) is 0 Å². The van der Waals surface area contributed by atoms with Gasteiger partial charge in [-0.05, 0) is 48.8 Å². The Hall–Kier alpha value is -1.02. The number of nitrogens with one attached hydrogen (secondary N) is 1. The van der Waals surface area contributed by atoms with E-state index in [1.54, 1.807) is 0 Å². The molecule has 2 nitrogen and oxygen atoms in total. The second-order valence-corrected chi connectivity index (χ2v) is 6.83. The molecule has 1 saturated carbocycles. The van der Waals surface area contributed by atoms with E-state index in [9.17, 15) is 0 Å². The summed E-state index contributed by atoms with van der Waals surface area (Å²) in [5.74, 6) is 1.66. The number of hydrogen-bond donors (Lipinski definition) is 1. The molecule has 1 heterocycles. The van der Waals surface area contributed by atoms with Crippen molar-refractivity contribution in [1.29, 1.82) is 0 Å². The minimum Gasteiger partial charge on any atom is -0.378 e. The summed E-state index contributed by atoms with van der Waals surface area (Å²) in [5.41, 5.74) is 2.81. The Labute approximate surface area is 123 Å². The molecule has 1 aliphatic heterocycles. The van der Waals surface area contributed by atoms with E-state index in [1.807, 2.05) is 0 Å². The van der Waals surface area contributed by atoms with Gasteiger partial charge in [-0.15, -0.1) is 0 Å². The fraction of sp³-hybridized carbons (Fsp3) is 0.667. The monoisotopic (exact) mass is 272 g/mol. The van der Waals surface area contributed by atoms with Gasteiger partial charge in [-0.25, -0.2) is 0 Å². The third kappa shape index (κ3) is 3.01. The van der Waals surface area contributed by atoms with Gasteiger partial charge < -0.3 is 10.2 Å². The molecule has 2 heteroatoms. The molecule has 0 radical (unpaired) electrons. The van der Waals surface area contributed by atoms with Gasteiger partial charge in [-0.3, -0.25) is 0 Å². The summed E-state index contributed by atoms with van der Waals surface area (Å²) in [6, 6.07) is 9.93. The average molecular weight is 272 g/mol. The van der Waals surface area contributed by atoms with Gasteiger partial charge >= 0.3 is 0 Å². The largest absolute Gasteiger partial charge is 0.378 e. The highest BCUT2D eigenvalue weighted by Gasteiger charge is 2.31. The fourth-order valence-electron chi connectivity index (χ4n) is 3.96. The molecule has 2 fully saturated rings. The first-order valence-electron chi connectivity index (χ1n) is 8.24. The number of nitrogens with zero attached hydrogens (tertiary/aromatic N) is 1. The average Bonchev–Trinajstić information content (AvgIpc) is 2.98. The summed E-state index contributed by atoms with van der Waals surface area (Å²) >= 11 is 0. The highest BCUT2D eigenvalue weighted by Crippen LogP contribution is 2.35.